The van der Waals surface area contributed by atoms with Gasteiger partial charge < -0.3 is 15.2 Å². The molecule has 1 aromatic heterocycles. The first-order valence-corrected chi connectivity index (χ1v) is 9.21. The molecule has 1 saturated heterocycles. The summed E-state index contributed by atoms with van der Waals surface area (Å²) in [5.74, 6) is 1.55. The summed E-state index contributed by atoms with van der Waals surface area (Å²) in [7, 11) is 0. The maximum atomic E-state index is 12.9. The normalized spacial score (nSPS) is 20.6. The van der Waals surface area contributed by atoms with Gasteiger partial charge in [-0.3, -0.25) is 4.79 Å². The van der Waals surface area contributed by atoms with Crippen LogP contribution in [0, 0.1) is 11.3 Å². The fourth-order valence-corrected chi connectivity index (χ4v) is 3.45. The lowest BCUT2D eigenvalue weighted by Gasteiger charge is -2.21. The number of hydrogen-bond donors (Lipinski definition) is 1. The van der Waals surface area contributed by atoms with Crippen molar-refractivity contribution in [1.82, 2.24) is 15.0 Å². The molecule has 1 aromatic carbocycles. The Morgan fingerprint density at radius 2 is 2.15 bits per heavy atom. The second kappa shape index (κ2) is 7.19. The van der Waals surface area contributed by atoms with Crippen LogP contribution in [0.5, 0.6) is 0 Å². The van der Waals surface area contributed by atoms with E-state index < -0.39 is 0 Å². The third-order valence-electron chi connectivity index (χ3n) is 4.77. The van der Waals surface area contributed by atoms with E-state index in [1.165, 1.54) is 0 Å². The van der Waals surface area contributed by atoms with Gasteiger partial charge in [0.15, 0.2) is 0 Å². The maximum absolute atomic E-state index is 12.9. The summed E-state index contributed by atoms with van der Waals surface area (Å²) in [6, 6.07) is 7.66. The zero-order valence-electron chi connectivity index (χ0n) is 16.0. The zero-order chi connectivity index (χ0) is 18.9. The molecule has 140 valence electrons. The van der Waals surface area contributed by atoms with Gasteiger partial charge in [0.05, 0.1) is 0 Å². The van der Waals surface area contributed by atoms with E-state index in [1.54, 1.807) is 0 Å². The highest BCUT2D eigenvalue weighted by molar-refractivity contribution is 5.95. The van der Waals surface area contributed by atoms with Crippen molar-refractivity contribution in [1.29, 1.82) is 0 Å². The summed E-state index contributed by atoms with van der Waals surface area (Å²) < 4.78 is 5.37. The Hall–Kier alpha value is -2.21. The van der Waals surface area contributed by atoms with Gasteiger partial charge in [-0.05, 0) is 43.4 Å². The SMILES string of the molecule is CC1CC(CN)CN1C(=O)c1cccc(-c2noc(CC(C)(C)C)n2)c1. The fourth-order valence-electron chi connectivity index (χ4n) is 3.45. The van der Waals surface area contributed by atoms with Crippen molar-refractivity contribution in [3.63, 3.8) is 0 Å². The average molecular weight is 356 g/mol. The van der Waals surface area contributed by atoms with Crippen molar-refractivity contribution >= 4 is 5.91 Å². The quantitative estimate of drug-likeness (QED) is 0.909. The Morgan fingerprint density at radius 3 is 2.81 bits per heavy atom. The number of likely N-dealkylation sites (tertiary alicyclic amines) is 1. The Labute approximate surface area is 154 Å². The number of carbonyl (C=O) groups excluding carboxylic acids is 1. The van der Waals surface area contributed by atoms with Crippen LogP contribution < -0.4 is 5.73 Å². The number of nitrogens with zero attached hydrogens (tertiary/aromatic N) is 3. The lowest BCUT2D eigenvalue weighted by Crippen LogP contribution is -2.34. The Bertz CT molecular complexity index is 778. The van der Waals surface area contributed by atoms with Crippen molar-refractivity contribution < 1.29 is 9.32 Å². The van der Waals surface area contributed by atoms with E-state index in [2.05, 4.69) is 37.8 Å². The molecule has 0 aliphatic carbocycles. The van der Waals surface area contributed by atoms with Gasteiger partial charge in [-0.25, -0.2) is 0 Å². The molecule has 2 aromatic rings. The first-order valence-electron chi connectivity index (χ1n) is 9.21. The highest BCUT2D eigenvalue weighted by Crippen LogP contribution is 2.26. The summed E-state index contributed by atoms with van der Waals surface area (Å²) >= 11 is 0. The van der Waals surface area contributed by atoms with Gasteiger partial charge >= 0.3 is 0 Å². The highest BCUT2D eigenvalue weighted by Gasteiger charge is 2.32. The molecule has 1 aliphatic heterocycles. The molecule has 2 N–H and O–H groups in total. The largest absolute Gasteiger partial charge is 0.339 e. The van der Waals surface area contributed by atoms with Crippen LogP contribution in [0.2, 0.25) is 0 Å². The number of rotatable bonds is 4. The van der Waals surface area contributed by atoms with Gasteiger partial charge in [0.1, 0.15) is 0 Å². The number of hydrogen-bond acceptors (Lipinski definition) is 5. The van der Waals surface area contributed by atoms with Crippen LogP contribution in [0.4, 0.5) is 0 Å². The molecule has 1 fully saturated rings. The monoisotopic (exact) mass is 356 g/mol. The fraction of sp³-hybridized carbons (Fsp3) is 0.550. The van der Waals surface area contributed by atoms with Gasteiger partial charge in [-0.15, -0.1) is 0 Å². The number of amides is 1. The Balaban J connectivity index is 1.79. The topological polar surface area (TPSA) is 85.2 Å². The minimum atomic E-state index is 0.0358. The summed E-state index contributed by atoms with van der Waals surface area (Å²) in [6.07, 6.45) is 1.67. The number of nitrogens with two attached hydrogens (primary N) is 1. The standard InChI is InChI=1S/C20H28N4O2/c1-13-8-14(11-21)12-24(13)19(25)16-7-5-6-15(9-16)18-22-17(26-23-18)10-20(2,3)4/h5-7,9,13-14H,8,10-12,21H2,1-4H3. The first kappa shape index (κ1) is 18.6. The summed E-state index contributed by atoms with van der Waals surface area (Å²) in [5, 5.41) is 4.08. The predicted octanol–water partition coefficient (Wildman–Crippen LogP) is 3.13. The second-order valence-electron chi connectivity index (χ2n) is 8.47. The highest BCUT2D eigenvalue weighted by atomic mass is 16.5. The molecule has 0 radical (unpaired) electrons. The molecule has 0 saturated carbocycles. The molecule has 6 nitrogen and oxygen atoms in total. The second-order valence-corrected chi connectivity index (χ2v) is 8.47. The van der Waals surface area contributed by atoms with E-state index in [1.807, 2.05) is 29.2 Å². The van der Waals surface area contributed by atoms with Gasteiger partial charge in [0.2, 0.25) is 11.7 Å². The van der Waals surface area contributed by atoms with Crippen molar-refractivity contribution in [2.24, 2.45) is 17.1 Å². The number of aromatic nitrogens is 2. The van der Waals surface area contributed by atoms with Gasteiger partial charge in [0, 0.05) is 30.1 Å². The molecule has 2 unspecified atom stereocenters. The molecule has 1 amide bonds. The molecule has 3 rings (SSSR count). The van der Waals surface area contributed by atoms with E-state index in [9.17, 15) is 4.79 Å². The van der Waals surface area contributed by atoms with Crippen LogP contribution in [0.3, 0.4) is 0 Å². The lowest BCUT2D eigenvalue weighted by atomic mass is 9.92. The van der Waals surface area contributed by atoms with Crippen LogP contribution in [0.1, 0.15) is 50.4 Å². The minimum Gasteiger partial charge on any atom is -0.339 e. The van der Waals surface area contributed by atoms with E-state index in [4.69, 9.17) is 10.3 Å². The molecule has 2 heterocycles. The lowest BCUT2D eigenvalue weighted by molar-refractivity contribution is 0.0743. The molecular weight excluding hydrogens is 328 g/mol. The first-order chi connectivity index (χ1) is 12.3. The van der Waals surface area contributed by atoms with Crippen molar-refractivity contribution in [2.75, 3.05) is 13.1 Å². The van der Waals surface area contributed by atoms with Crippen LogP contribution in [-0.2, 0) is 6.42 Å². The molecule has 6 heteroatoms. The average Bonchev–Trinajstić information content (AvgIpc) is 3.19. The molecule has 0 spiro atoms. The molecule has 26 heavy (non-hydrogen) atoms. The van der Waals surface area contributed by atoms with Crippen molar-refractivity contribution in [2.45, 2.75) is 46.6 Å². The number of carbonyl (C=O) groups is 1. The van der Waals surface area contributed by atoms with E-state index >= 15 is 0 Å². The van der Waals surface area contributed by atoms with Crippen LogP contribution >= 0.6 is 0 Å². The van der Waals surface area contributed by atoms with Crippen molar-refractivity contribution in [3.8, 4) is 11.4 Å². The maximum Gasteiger partial charge on any atom is 0.254 e. The summed E-state index contributed by atoms with van der Waals surface area (Å²) in [4.78, 5) is 19.3. The van der Waals surface area contributed by atoms with Crippen LogP contribution in [0.25, 0.3) is 11.4 Å². The smallest absolute Gasteiger partial charge is 0.254 e. The summed E-state index contributed by atoms with van der Waals surface area (Å²) in [5.41, 5.74) is 7.30. The van der Waals surface area contributed by atoms with E-state index in [0.717, 1.165) is 18.5 Å². The molecule has 0 bridgehead atoms. The van der Waals surface area contributed by atoms with Crippen LogP contribution in [0.15, 0.2) is 28.8 Å². The zero-order valence-corrected chi connectivity index (χ0v) is 16.0. The molecular formula is C20H28N4O2. The Kier molecular flexibility index (Phi) is 5.14. The van der Waals surface area contributed by atoms with Crippen molar-refractivity contribution in [3.05, 3.63) is 35.7 Å². The third kappa shape index (κ3) is 4.12. The van der Waals surface area contributed by atoms with Crippen LogP contribution in [-0.4, -0.2) is 40.1 Å². The Morgan fingerprint density at radius 1 is 1.38 bits per heavy atom. The third-order valence-corrected chi connectivity index (χ3v) is 4.77. The van der Waals surface area contributed by atoms with Gasteiger partial charge in [-0.1, -0.05) is 38.1 Å². The van der Waals surface area contributed by atoms with E-state index in [0.29, 0.717) is 36.2 Å². The number of benzene rings is 1. The van der Waals surface area contributed by atoms with Gasteiger partial charge in [0.25, 0.3) is 5.91 Å². The minimum absolute atomic E-state index is 0.0358. The van der Waals surface area contributed by atoms with E-state index in [-0.39, 0.29) is 17.4 Å². The molecule has 1 aliphatic rings. The summed E-state index contributed by atoms with van der Waals surface area (Å²) in [6.45, 7) is 9.80. The predicted molar refractivity (Wildman–Crippen MR) is 101 cm³/mol. The van der Waals surface area contributed by atoms with Gasteiger partial charge in [-0.2, -0.15) is 4.98 Å². The molecule has 2 atom stereocenters.